The smallest absolute Gasteiger partial charge is 0.117 e. The lowest BCUT2D eigenvalue weighted by atomic mass is 9.57. The van der Waals surface area contributed by atoms with Crippen molar-refractivity contribution >= 4 is 0 Å². The second-order valence-electron chi connectivity index (χ2n) is 7.54. The zero-order valence-electron chi connectivity index (χ0n) is 13.3. The molecule has 0 unspecified atom stereocenters. The molecule has 1 aliphatic heterocycles. The van der Waals surface area contributed by atoms with Crippen LogP contribution in [0.5, 0.6) is 0 Å². The molecule has 3 rings (SSSR count). The van der Waals surface area contributed by atoms with Crippen molar-refractivity contribution in [1.82, 2.24) is 0 Å². The maximum absolute atomic E-state index is 10.8. The lowest BCUT2D eigenvalue weighted by Gasteiger charge is -2.52. The first-order valence-corrected chi connectivity index (χ1v) is 7.60. The molecule has 0 bridgehead atoms. The molecule has 3 aliphatic rings. The first kappa shape index (κ1) is 15.4. The van der Waals surface area contributed by atoms with E-state index in [1.165, 1.54) is 0 Å². The predicted molar refractivity (Wildman–Crippen MR) is 76.6 cm³/mol. The molecule has 0 aromatic rings. The van der Waals surface area contributed by atoms with Crippen LogP contribution < -0.4 is 0 Å². The lowest BCUT2D eigenvalue weighted by molar-refractivity contribution is -0.235. The topological polar surface area (TPSA) is 79.2 Å². The minimum Gasteiger partial charge on any atom is -0.389 e. The van der Waals surface area contributed by atoms with Crippen molar-refractivity contribution in [2.24, 2.45) is 17.8 Å². The molecule has 1 saturated heterocycles. The molecule has 1 heterocycles. The van der Waals surface area contributed by atoms with E-state index in [-0.39, 0.29) is 17.8 Å². The van der Waals surface area contributed by atoms with Crippen molar-refractivity contribution in [2.45, 2.75) is 63.3 Å². The summed E-state index contributed by atoms with van der Waals surface area (Å²) < 4.78 is 11.6. The van der Waals surface area contributed by atoms with E-state index in [1.54, 1.807) is 14.0 Å². The van der Waals surface area contributed by atoms with Gasteiger partial charge in [-0.05, 0) is 27.7 Å². The third kappa shape index (κ3) is 1.88. The maximum atomic E-state index is 10.8. The Labute approximate surface area is 125 Å². The van der Waals surface area contributed by atoms with Gasteiger partial charge in [0.1, 0.15) is 11.7 Å². The van der Waals surface area contributed by atoms with E-state index in [0.29, 0.717) is 0 Å². The Bertz CT molecular complexity index is 469. The number of hydrogen-bond donors (Lipinski definition) is 3. The molecular weight excluding hydrogens is 272 g/mol. The minimum absolute atomic E-state index is 0.0506. The molecule has 0 aromatic carbocycles. The van der Waals surface area contributed by atoms with E-state index >= 15 is 0 Å². The number of aliphatic hydroxyl groups excluding tert-OH is 2. The Kier molecular flexibility index (Phi) is 3.32. The van der Waals surface area contributed by atoms with Gasteiger partial charge in [-0.2, -0.15) is 0 Å². The van der Waals surface area contributed by atoms with Crippen molar-refractivity contribution in [2.75, 3.05) is 7.11 Å². The van der Waals surface area contributed by atoms with Gasteiger partial charge in [-0.25, -0.2) is 0 Å². The van der Waals surface area contributed by atoms with Crippen molar-refractivity contribution < 1.29 is 24.8 Å². The normalized spacial score (nSPS) is 55.0. The van der Waals surface area contributed by atoms with Crippen molar-refractivity contribution in [3.8, 4) is 0 Å². The van der Waals surface area contributed by atoms with Crippen LogP contribution in [0.15, 0.2) is 11.6 Å². The van der Waals surface area contributed by atoms with Crippen LogP contribution in [0.25, 0.3) is 0 Å². The highest BCUT2D eigenvalue weighted by atomic mass is 16.5. The van der Waals surface area contributed by atoms with Gasteiger partial charge in [0.05, 0.1) is 23.9 Å². The Hall–Kier alpha value is -0.460. The summed E-state index contributed by atoms with van der Waals surface area (Å²) in [5, 5.41) is 31.9. The molecule has 120 valence electrons. The van der Waals surface area contributed by atoms with Crippen LogP contribution >= 0.6 is 0 Å². The van der Waals surface area contributed by atoms with E-state index in [9.17, 15) is 15.3 Å². The summed E-state index contributed by atoms with van der Waals surface area (Å²) in [6.45, 7) is 7.43. The van der Waals surface area contributed by atoms with Crippen LogP contribution in [0.3, 0.4) is 0 Å². The first-order chi connectivity index (χ1) is 9.63. The largest absolute Gasteiger partial charge is 0.389 e. The summed E-state index contributed by atoms with van der Waals surface area (Å²) in [5.41, 5.74) is -0.960. The number of rotatable bonds is 1. The molecule has 0 radical (unpaired) electrons. The minimum atomic E-state index is -1.40. The Balaban J connectivity index is 2.15. The molecule has 1 saturated carbocycles. The average Bonchev–Trinajstić information content (AvgIpc) is 2.65. The van der Waals surface area contributed by atoms with E-state index in [0.717, 1.165) is 5.57 Å². The zero-order valence-corrected chi connectivity index (χ0v) is 13.3. The zero-order chi connectivity index (χ0) is 15.7. The average molecular weight is 298 g/mol. The van der Waals surface area contributed by atoms with Gasteiger partial charge in [-0.15, -0.1) is 0 Å². The van der Waals surface area contributed by atoms with E-state index in [2.05, 4.69) is 0 Å². The van der Waals surface area contributed by atoms with Crippen LogP contribution in [0, 0.1) is 17.8 Å². The van der Waals surface area contributed by atoms with Gasteiger partial charge in [-0.1, -0.05) is 11.6 Å². The number of methoxy groups -OCH3 is 1. The Morgan fingerprint density at radius 2 is 1.86 bits per heavy atom. The highest BCUT2D eigenvalue weighted by Gasteiger charge is 2.67. The van der Waals surface area contributed by atoms with Crippen LogP contribution in [-0.2, 0) is 9.47 Å². The summed E-state index contributed by atoms with van der Waals surface area (Å²) in [4.78, 5) is 0. The summed E-state index contributed by atoms with van der Waals surface area (Å²) in [6, 6.07) is 0. The fourth-order valence-corrected chi connectivity index (χ4v) is 4.93. The van der Waals surface area contributed by atoms with E-state index < -0.39 is 35.6 Å². The van der Waals surface area contributed by atoms with Gasteiger partial charge in [0.25, 0.3) is 0 Å². The quantitative estimate of drug-likeness (QED) is 0.614. The third-order valence-electron chi connectivity index (χ3n) is 5.85. The predicted octanol–water partition coefficient (Wildman–Crippen LogP) is 0.474. The molecule has 0 aromatic heterocycles. The van der Waals surface area contributed by atoms with Crippen molar-refractivity contribution in [3.05, 3.63) is 11.6 Å². The summed E-state index contributed by atoms with van der Waals surface area (Å²) in [5.74, 6) is -0.235. The SMILES string of the molecule is CO[C@@H]1[C@H]2C(C)=C[C@@H](O)[C@H]3[C@H]2[C@@H](OC3(C)C)[C@](C)(O)[C@H]1O. The molecule has 21 heavy (non-hydrogen) atoms. The Morgan fingerprint density at radius 1 is 1.24 bits per heavy atom. The fraction of sp³-hybridized carbons (Fsp3) is 0.875. The van der Waals surface area contributed by atoms with Crippen LogP contribution in [-0.4, -0.2) is 58.0 Å². The monoisotopic (exact) mass is 298 g/mol. The van der Waals surface area contributed by atoms with Gasteiger partial charge < -0.3 is 24.8 Å². The van der Waals surface area contributed by atoms with Gasteiger partial charge in [0.2, 0.25) is 0 Å². The van der Waals surface area contributed by atoms with Crippen molar-refractivity contribution in [1.29, 1.82) is 0 Å². The molecule has 2 fully saturated rings. The third-order valence-corrected chi connectivity index (χ3v) is 5.85. The summed E-state index contributed by atoms with van der Waals surface area (Å²) >= 11 is 0. The summed E-state index contributed by atoms with van der Waals surface area (Å²) in [7, 11) is 1.55. The van der Waals surface area contributed by atoms with Crippen LogP contribution in [0.2, 0.25) is 0 Å². The van der Waals surface area contributed by atoms with Gasteiger partial charge in [-0.3, -0.25) is 0 Å². The van der Waals surface area contributed by atoms with E-state index in [4.69, 9.17) is 9.47 Å². The molecule has 8 atom stereocenters. The molecule has 5 nitrogen and oxygen atoms in total. The van der Waals surface area contributed by atoms with Gasteiger partial charge in [0.15, 0.2) is 0 Å². The molecule has 5 heteroatoms. The van der Waals surface area contributed by atoms with Gasteiger partial charge >= 0.3 is 0 Å². The lowest BCUT2D eigenvalue weighted by Crippen LogP contribution is -2.66. The fourth-order valence-electron chi connectivity index (χ4n) is 4.93. The summed E-state index contributed by atoms with van der Waals surface area (Å²) in [6.07, 6.45) is -0.790. The van der Waals surface area contributed by atoms with E-state index in [1.807, 2.05) is 26.8 Å². The first-order valence-electron chi connectivity index (χ1n) is 7.60. The highest BCUT2D eigenvalue weighted by Crippen LogP contribution is 2.57. The molecular formula is C16H26O5. The highest BCUT2D eigenvalue weighted by molar-refractivity contribution is 5.27. The standard InChI is InChI=1S/C16H26O5/c1-7-6-8(17)11-10-9(7)12(20-5)13(18)16(4,19)14(10)21-15(11,2)3/h6,8-14,17-19H,1-5H3/t8-,9+,10+,11+,12-,13+,14-,16-/m1/s1. The second-order valence-corrected chi connectivity index (χ2v) is 7.54. The molecule has 0 spiro atoms. The number of ether oxygens (including phenoxy) is 2. The Morgan fingerprint density at radius 3 is 2.43 bits per heavy atom. The van der Waals surface area contributed by atoms with Gasteiger partial charge in [0, 0.05) is 24.9 Å². The van der Waals surface area contributed by atoms with Crippen LogP contribution in [0.1, 0.15) is 27.7 Å². The van der Waals surface area contributed by atoms with Crippen LogP contribution in [0.4, 0.5) is 0 Å². The number of aliphatic hydroxyl groups is 3. The van der Waals surface area contributed by atoms with Crippen molar-refractivity contribution in [3.63, 3.8) is 0 Å². The number of hydrogen-bond acceptors (Lipinski definition) is 5. The molecule has 3 N–H and O–H groups in total. The second kappa shape index (κ2) is 4.52. The maximum Gasteiger partial charge on any atom is 0.117 e. The molecule has 0 amide bonds. The molecule has 2 aliphatic carbocycles.